The standard InChI is InChI=1S/C17H23N7O2S2/c1-4-7-23(10-14-18-19-16(26-14)13-6-5-8-27-13)15(25)11-28-17-20-21-22-24(17)9-12(2)3/h5-6,8,12H,4,7,9-11H2,1-3H3. The predicted octanol–water partition coefficient (Wildman–Crippen LogP) is 2.97. The first-order chi connectivity index (χ1) is 13.6. The molecule has 0 aliphatic heterocycles. The highest BCUT2D eigenvalue weighted by molar-refractivity contribution is 7.99. The van der Waals surface area contributed by atoms with Crippen molar-refractivity contribution in [3.05, 3.63) is 23.4 Å². The van der Waals surface area contributed by atoms with Crippen molar-refractivity contribution in [1.29, 1.82) is 0 Å². The van der Waals surface area contributed by atoms with Crippen LogP contribution in [0.3, 0.4) is 0 Å². The van der Waals surface area contributed by atoms with Crippen LogP contribution in [0.15, 0.2) is 27.1 Å². The fourth-order valence-electron chi connectivity index (χ4n) is 2.52. The summed E-state index contributed by atoms with van der Waals surface area (Å²) >= 11 is 2.88. The maximum absolute atomic E-state index is 12.7. The highest BCUT2D eigenvalue weighted by Crippen LogP contribution is 2.23. The Labute approximate surface area is 171 Å². The zero-order valence-corrected chi connectivity index (χ0v) is 17.7. The number of rotatable bonds is 10. The summed E-state index contributed by atoms with van der Waals surface area (Å²) in [7, 11) is 0. The first kappa shape index (κ1) is 20.5. The highest BCUT2D eigenvalue weighted by Gasteiger charge is 2.19. The number of thioether (sulfide) groups is 1. The van der Waals surface area contributed by atoms with Crippen molar-refractivity contribution in [3.63, 3.8) is 0 Å². The maximum atomic E-state index is 12.7. The van der Waals surface area contributed by atoms with Gasteiger partial charge in [-0.05, 0) is 34.2 Å². The largest absolute Gasteiger partial charge is 0.418 e. The molecule has 0 saturated carbocycles. The first-order valence-electron chi connectivity index (χ1n) is 9.09. The van der Waals surface area contributed by atoms with Crippen LogP contribution in [0.4, 0.5) is 0 Å². The molecule has 3 heterocycles. The summed E-state index contributed by atoms with van der Waals surface area (Å²) in [6.45, 7) is 7.85. The molecule has 3 rings (SSSR count). The van der Waals surface area contributed by atoms with Gasteiger partial charge in [0.15, 0.2) is 0 Å². The summed E-state index contributed by atoms with van der Waals surface area (Å²) in [5.74, 6) is 1.58. The van der Waals surface area contributed by atoms with E-state index in [9.17, 15) is 4.79 Å². The van der Waals surface area contributed by atoms with Crippen LogP contribution in [0.1, 0.15) is 33.1 Å². The van der Waals surface area contributed by atoms with Crippen LogP contribution in [0.25, 0.3) is 10.8 Å². The molecule has 1 amide bonds. The van der Waals surface area contributed by atoms with Crippen molar-refractivity contribution in [1.82, 2.24) is 35.3 Å². The van der Waals surface area contributed by atoms with Gasteiger partial charge in [-0.2, -0.15) is 0 Å². The van der Waals surface area contributed by atoms with E-state index in [-0.39, 0.29) is 11.7 Å². The normalized spacial score (nSPS) is 11.3. The van der Waals surface area contributed by atoms with Crippen molar-refractivity contribution in [2.75, 3.05) is 12.3 Å². The summed E-state index contributed by atoms with van der Waals surface area (Å²) in [6.07, 6.45) is 0.841. The smallest absolute Gasteiger partial charge is 0.257 e. The van der Waals surface area contributed by atoms with Gasteiger partial charge in [-0.3, -0.25) is 4.79 Å². The lowest BCUT2D eigenvalue weighted by Crippen LogP contribution is -2.33. The lowest BCUT2D eigenvalue weighted by molar-refractivity contribution is -0.129. The molecule has 0 bridgehead atoms. The monoisotopic (exact) mass is 421 g/mol. The summed E-state index contributed by atoms with van der Waals surface area (Å²) in [5.41, 5.74) is 0. The number of carbonyl (C=O) groups excluding carboxylic acids is 1. The molecule has 0 aromatic carbocycles. The van der Waals surface area contributed by atoms with E-state index < -0.39 is 0 Å². The van der Waals surface area contributed by atoms with Crippen LogP contribution in [-0.4, -0.2) is 53.5 Å². The molecule has 0 N–H and O–H groups in total. The third-order valence-electron chi connectivity index (χ3n) is 3.73. The van der Waals surface area contributed by atoms with Gasteiger partial charge in [0.25, 0.3) is 5.89 Å². The van der Waals surface area contributed by atoms with Crippen LogP contribution in [0.5, 0.6) is 0 Å². The Kier molecular flexibility index (Phi) is 7.15. The van der Waals surface area contributed by atoms with Gasteiger partial charge in [0.05, 0.1) is 17.2 Å². The van der Waals surface area contributed by atoms with E-state index in [0.29, 0.717) is 35.9 Å². The van der Waals surface area contributed by atoms with E-state index in [2.05, 4.69) is 39.6 Å². The van der Waals surface area contributed by atoms with Gasteiger partial charge in [-0.15, -0.1) is 26.6 Å². The van der Waals surface area contributed by atoms with E-state index in [1.807, 2.05) is 24.4 Å². The van der Waals surface area contributed by atoms with Gasteiger partial charge in [0, 0.05) is 13.1 Å². The number of aromatic nitrogens is 6. The second-order valence-electron chi connectivity index (χ2n) is 6.62. The summed E-state index contributed by atoms with van der Waals surface area (Å²) < 4.78 is 7.45. The number of thiophene rings is 1. The molecule has 11 heteroatoms. The van der Waals surface area contributed by atoms with Gasteiger partial charge in [0.1, 0.15) is 0 Å². The van der Waals surface area contributed by atoms with Crippen molar-refractivity contribution in [3.8, 4) is 10.8 Å². The Morgan fingerprint density at radius 3 is 2.93 bits per heavy atom. The number of carbonyl (C=O) groups is 1. The van der Waals surface area contributed by atoms with Gasteiger partial charge in [0.2, 0.25) is 17.0 Å². The van der Waals surface area contributed by atoms with E-state index in [1.54, 1.807) is 9.58 Å². The molecule has 150 valence electrons. The molecule has 0 radical (unpaired) electrons. The molecular weight excluding hydrogens is 398 g/mol. The molecule has 0 spiro atoms. The summed E-state index contributed by atoms with van der Waals surface area (Å²) in [4.78, 5) is 15.4. The van der Waals surface area contributed by atoms with Crippen molar-refractivity contribution in [2.45, 2.75) is 45.4 Å². The molecule has 3 aromatic rings. The fourth-order valence-corrected chi connectivity index (χ4v) is 3.95. The zero-order valence-electron chi connectivity index (χ0n) is 16.1. The number of tetrazole rings is 1. The van der Waals surface area contributed by atoms with E-state index >= 15 is 0 Å². The number of hydrogen-bond acceptors (Lipinski definition) is 9. The van der Waals surface area contributed by atoms with Crippen LogP contribution >= 0.6 is 23.1 Å². The highest BCUT2D eigenvalue weighted by atomic mass is 32.2. The summed E-state index contributed by atoms with van der Waals surface area (Å²) in [5, 5.41) is 22.5. The second kappa shape index (κ2) is 9.78. The average molecular weight is 422 g/mol. The molecule has 0 fully saturated rings. The van der Waals surface area contributed by atoms with Gasteiger partial charge in [-0.1, -0.05) is 38.6 Å². The molecule has 0 unspecified atom stereocenters. The molecule has 0 atom stereocenters. The Hall–Kier alpha value is -2.27. The van der Waals surface area contributed by atoms with E-state index in [1.165, 1.54) is 23.1 Å². The van der Waals surface area contributed by atoms with Crippen LogP contribution in [0.2, 0.25) is 0 Å². The maximum Gasteiger partial charge on any atom is 0.257 e. The third-order valence-corrected chi connectivity index (χ3v) is 5.53. The quantitative estimate of drug-likeness (QED) is 0.460. The van der Waals surface area contributed by atoms with Crippen LogP contribution in [0, 0.1) is 5.92 Å². The minimum Gasteiger partial charge on any atom is -0.418 e. The Morgan fingerprint density at radius 1 is 1.36 bits per heavy atom. The zero-order chi connectivity index (χ0) is 19.9. The van der Waals surface area contributed by atoms with Gasteiger partial charge in [-0.25, -0.2) is 4.68 Å². The molecular formula is C17H23N7O2S2. The second-order valence-corrected chi connectivity index (χ2v) is 8.51. The minimum atomic E-state index is -0.0122. The summed E-state index contributed by atoms with van der Waals surface area (Å²) in [6, 6.07) is 3.86. The van der Waals surface area contributed by atoms with E-state index in [4.69, 9.17) is 4.42 Å². The SMILES string of the molecule is CCCN(Cc1nnc(-c2cccs2)o1)C(=O)CSc1nnnn1CC(C)C. The Balaban J connectivity index is 1.60. The molecule has 0 aliphatic carbocycles. The van der Waals surface area contributed by atoms with Gasteiger partial charge < -0.3 is 9.32 Å². The topological polar surface area (TPSA) is 103 Å². The Bertz CT molecular complexity index is 876. The van der Waals surface area contributed by atoms with Crippen LogP contribution in [-0.2, 0) is 17.9 Å². The number of amides is 1. The fraction of sp³-hybridized carbons (Fsp3) is 0.529. The van der Waals surface area contributed by atoms with Crippen molar-refractivity contribution >= 4 is 29.0 Å². The molecule has 0 aliphatic rings. The first-order valence-corrected chi connectivity index (χ1v) is 11.0. The minimum absolute atomic E-state index is 0.0122. The van der Waals surface area contributed by atoms with Crippen molar-refractivity contribution in [2.24, 2.45) is 5.92 Å². The van der Waals surface area contributed by atoms with Gasteiger partial charge >= 0.3 is 0 Å². The average Bonchev–Trinajstić information content (AvgIpc) is 3.40. The number of nitrogens with zero attached hydrogens (tertiary/aromatic N) is 7. The molecule has 28 heavy (non-hydrogen) atoms. The molecule has 0 saturated heterocycles. The molecule has 3 aromatic heterocycles. The molecule has 9 nitrogen and oxygen atoms in total. The Morgan fingerprint density at radius 2 is 2.21 bits per heavy atom. The predicted molar refractivity (Wildman–Crippen MR) is 107 cm³/mol. The van der Waals surface area contributed by atoms with E-state index in [0.717, 1.165) is 17.8 Å². The third kappa shape index (κ3) is 5.38. The van der Waals surface area contributed by atoms with Crippen LogP contribution < -0.4 is 0 Å². The number of hydrogen-bond donors (Lipinski definition) is 0. The lowest BCUT2D eigenvalue weighted by Gasteiger charge is -2.19. The lowest BCUT2D eigenvalue weighted by atomic mass is 10.2. The van der Waals surface area contributed by atoms with Crippen molar-refractivity contribution < 1.29 is 9.21 Å².